The molecular weight excluding hydrogens is 419 g/mol. The van der Waals surface area contributed by atoms with Crippen LogP contribution in [0.2, 0.25) is 0 Å². The van der Waals surface area contributed by atoms with Gasteiger partial charge in [0, 0.05) is 5.75 Å². The molecule has 0 aromatic heterocycles. The smallest absolute Gasteiger partial charge is 0.748 e. The van der Waals surface area contributed by atoms with Crippen LogP contribution in [-0.2, 0) is 10.1 Å². The Morgan fingerprint density at radius 1 is 0.433 bits per heavy atom. The molecule has 0 saturated carbocycles. The van der Waals surface area contributed by atoms with Crippen LogP contribution < -0.4 is 51.4 Å². The summed E-state index contributed by atoms with van der Waals surface area (Å²) in [5.74, 6) is -0.188. The fourth-order valence-corrected chi connectivity index (χ4v) is 4.62. The van der Waals surface area contributed by atoms with Gasteiger partial charge in [-0.1, -0.05) is 148 Å². The van der Waals surface area contributed by atoms with E-state index in [0.717, 1.165) is 12.8 Å². The first-order valence-corrected chi connectivity index (χ1v) is 14.6. The molecule has 0 saturated heterocycles. The molecule has 0 unspecified atom stereocenters. The van der Waals surface area contributed by atoms with Gasteiger partial charge in [-0.15, -0.1) is 0 Å². The molecule has 0 N–H and O–H groups in total. The summed E-state index contributed by atoms with van der Waals surface area (Å²) in [6, 6.07) is 0. The minimum Gasteiger partial charge on any atom is -0.748 e. The second kappa shape index (κ2) is 26.8. The molecule has 0 aliphatic heterocycles. The molecule has 0 radical (unpaired) electrons. The van der Waals surface area contributed by atoms with E-state index in [1.807, 2.05) is 0 Å². The Balaban J connectivity index is 0. The zero-order chi connectivity index (χ0) is 21.5. The van der Waals surface area contributed by atoms with Crippen LogP contribution in [0.5, 0.6) is 0 Å². The molecule has 176 valence electrons. The minimum atomic E-state index is -4.00. The molecule has 0 aliphatic carbocycles. The van der Waals surface area contributed by atoms with Crippen molar-refractivity contribution in [3.05, 3.63) is 0 Å². The molecule has 0 aliphatic rings. The number of unbranched alkanes of at least 4 members (excludes halogenated alkanes) is 22. The van der Waals surface area contributed by atoms with Crippen LogP contribution in [0, 0.1) is 0 Å². The quantitative estimate of drug-likeness (QED) is 0.106. The summed E-state index contributed by atoms with van der Waals surface area (Å²) in [7, 11) is -4.00. The van der Waals surface area contributed by atoms with Gasteiger partial charge in [-0.3, -0.25) is 0 Å². The molecule has 0 heterocycles. The standard InChI is InChI=1S/C25H52O3S.K/c1-2-3-4-5-6-7-8-9-10-11-12-13-14-15-16-17-18-19-20-21-22-23-24-25-29(26,27)28;/h2-25H2,1H3,(H,26,27,28);/q;+1/p-1. The maximum Gasteiger partial charge on any atom is 1.00 e. The average molecular weight is 471 g/mol. The number of hydrogen-bond acceptors (Lipinski definition) is 3. The van der Waals surface area contributed by atoms with E-state index in [4.69, 9.17) is 0 Å². The zero-order valence-electron chi connectivity index (χ0n) is 20.6. The van der Waals surface area contributed by atoms with E-state index in [1.54, 1.807) is 0 Å². The van der Waals surface area contributed by atoms with Crippen molar-refractivity contribution in [1.29, 1.82) is 0 Å². The Labute approximate surface area is 232 Å². The van der Waals surface area contributed by atoms with Gasteiger partial charge in [0.25, 0.3) is 0 Å². The predicted molar refractivity (Wildman–Crippen MR) is 126 cm³/mol. The van der Waals surface area contributed by atoms with Crippen molar-refractivity contribution in [3.63, 3.8) is 0 Å². The SMILES string of the molecule is CCCCCCCCCCCCCCCCCCCCCCCCCS(=O)(=O)[O-].[K+]. The van der Waals surface area contributed by atoms with Gasteiger partial charge in [-0.05, 0) is 6.42 Å². The summed E-state index contributed by atoms with van der Waals surface area (Å²) in [4.78, 5) is 0. The molecule has 0 aromatic rings. The van der Waals surface area contributed by atoms with Gasteiger partial charge in [-0.2, -0.15) is 0 Å². The second-order valence-corrected chi connectivity index (χ2v) is 10.6. The van der Waals surface area contributed by atoms with Crippen molar-refractivity contribution in [2.45, 2.75) is 155 Å². The van der Waals surface area contributed by atoms with Crippen molar-refractivity contribution in [2.24, 2.45) is 0 Å². The van der Waals surface area contributed by atoms with Crippen LogP contribution in [0.4, 0.5) is 0 Å². The number of rotatable bonds is 24. The summed E-state index contributed by atoms with van der Waals surface area (Å²) in [5.41, 5.74) is 0. The summed E-state index contributed by atoms with van der Waals surface area (Å²) < 4.78 is 31.5. The molecule has 0 spiro atoms. The van der Waals surface area contributed by atoms with Crippen molar-refractivity contribution < 1.29 is 64.4 Å². The van der Waals surface area contributed by atoms with Crippen LogP contribution in [-0.4, -0.2) is 18.7 Å². The first-order valence-electron chi connectivity index (χ1n) is 13.0. The van der Waals surface area contributed by atoms with Crippen LogP contribution in [0.1, 0.15) is 155 Å². The third-order valence-corrected chi connectivity index (χ3v) is 6.79. The summed E-state index contributed by atoms with van der Waals surface area (Å²) in [6.07, 6.45) is 30.3. The molecule has 0 aromatic carbocycles. The number of hydrogen-bond donors (Lipinski definition) is 0. The minimum absolute atomic E-state index is 0. The van der Waals surface area contributed by atoms with Crippen molar-refractivity contribution >= 4 is 10.1 Å². The molecule has 30 heavy (non-hydrogen) atoms. The van der Waals surface area contributed by atoms with Gasteiger partial charge in [0.15, 0.2) is 0 Å². The monoisotopic (exact) mass is 470 g/mol. The first kappa shape index (κ1) is 33.7. The molecule has 0 amide bonds. The molecule has 0 bridgehead atoms. The molecule has 5 heteroatoms. The van der Waals surface area contributed by atoms with Crippen molar-refractivity contribution in [3.8, 4) is 0 Å². The Kier molecular flexibility index (Phi) is 30.1. The molecule has 0 rings (SSSR count). The van der Waals surface area contributed by atoms with Gasteiger partial charge >= 0.3 is 51.4 Å². The van der Waals surface area contributed by atoms with E-state index in [2.05, 4.69) is 6.92 Å². The third-order valence-electron chi connectivity index (χ3n) is 6.00. The van der Waals surface area contributed by atoms with Crippen molar-refractivity contribution in [1.82, 2.24) is 0 Å². The first-order chi connectivity index (χ1) is 14.1. The Morgan fingerprint density at radius 3 is 0.833 bits per heavy atom. The van der Waals surface area contributed by atoms with Crippen LogP contribution in [0.3, 0.4) is 0 Å². The van der Waals surface area contributed by atoms with E-state index >= 15 is 0 Å². The van der Waals surface area contributed by atoms with E-state index in [1.165, 1.54) is 128 Å². The summed E-state index contributed by atoms with van der Waals surface area (Å²) >= 11 is 0. The van der Waals surface area contributed by atoms with Gasteiger partial charge in [0.1, 0.15) is 0 Å². The largest absolute Gasteiger partial charge is 1.00 e. The van der Waals surface area contributed by atoms with Gasteiger partial charge in [0.05, 0.1) is 10.1 Å². The average Bonchev–Trinajstić information content (AvgIpc) is 2.67. The van der Waals surface area contributed by atoms with E-state index < -0.39 is 10.1 Å². The second-order valence-electron chi connectivity index (χ2n) is 9.04. The summed E-state index contributed by atoms with van der Waals surface area (Å²) in [6.45, 7) is 2.28. The zero-order valence-corrected chi connectivity index (χ0v) is 24.5. The van der Waals surface area contributed by atoms with Gasteiger partial charge in [0.2, 0.25) is 0 Å². The summed E-state index contributed by atoms with van der Waals surface area (Å²) in [5, 5.41) is 0. The van der Waals surface area contributed by atoms with Crippen molar-refractivity contribution in [2.75, 3.05) is 5.75 Å². The molecule has 0 atom stereocenters. The Hall–Kier alpha value is 1.55. The van der Waals surface area contributed by atoms with E-state index in [9.17, 15) is 13.0 Å². The third kappa shape index (κ3) is 31.7. The molecule has 0 fully saturated rings. The Bertz CT molecular complexity index is 413. The normalized spacial score (nSPS) is 11.5. The van der Waals surface area contributed by atoms with Crippen LogP contribution in [0.25, 0.3) is 0 Å². The van der Waals surface area contributed by atoms with Crippen LogP contribution in [0.15, 0.2) is 0 Å². The van der Waals surface area contributed by atoms with Crippen LogP contribution >= 0.6 is 0 Å². The predicted octanol–water partition coefficient (Wildman–Crippen LogP) is 5.53. The fourth-order valence-electron chi connectivity index (χ4n) is 4.06. The topological polar surface area (TPSA) is 57.2 Å². The van der Waals surface area contributed by atoms with Gasteiger partial charge in [-0.25, -0.2) is 8.42 Å². The fraction of sp³-hybridized carbons (Fsp3) is 1.00. The maximum absolute atomic E-state index is 10.5. The molecule has 3 nitrogen and oxygen atoms in total. The van der Waals surface area contributed by atoms with E-state index in [0.29, 0.717) is 6.42 Å². The maximum atomic E-state index is 10.5. The Morgan fingerprint density at radius 2 is 0.633 bits per heavy atom. The van der Waals surface area contributed by atoms with E-state index in [-0.39, 0.29) is 57.1 Å². The molecular formula is C25H51KO3S. The van der Waals surface area contributed by atoms with Gasteiger partial charge < -0.3 is 4.55 Å².